The van der Waals surface area contributed by atoms with Crippen molar-refractivity contribution in [1.29, 1.82) is 0 Å². The standard InChI is InChI=1S/C18H16F12O4/c1-2-6-33-8-12(31)9-34-14(17(25,26)27,18(28,29)30)11-5-3-4-10(7-11)13(32,15(19,20)21)16(22,23)24/h2-5,7,12,31-32H,1,6,8-9H2. The van der Waals surface area contributed by atoms with Gasteiger partial charge in [-0.1, -0.05) is 24.3 Å². The third kappa shape index (κ3) is 5.60. The first-order chi connectivity index (χ1) is 15.2. The molecule has 0 heterocycles. The molecule has 1 unspecified atom stereocenters. The molecule has 0 saturated heterocycles. The smallest absolute Gasteiger partial charge is 0.388 e. The van der Waals surface area contributed by atoms with E-state index in [1.165, 1.54) is 0 Å². The Morgan fingerprint density at radius 1 is 0.794 bits per heavy atom. The second kappa shape index (κ2) is 9.91. The van der Waals surface area contributed by atoms with Crippen LogP contribution in [-0.2, 0) is 20.7 Å². The van der Waals surface area contributed by atoms with Gasteiger partial charge in [0.1, 0.15) is 6.10 Å². The van der Waals surface area contributed by atoms with Gasteiger partial charge in [0.25, 0.3) is 11.2 Å². The van der Waals surface area contributed by atoms with E-state index < -0.39 is 72.4 Å². The number of aliphatic hydroxyl groups excluding tert-OH is 1. The number of aliphatic hydroxyl groups is 2. The molecule has 2 N–H and O–H groups in total. The molecule has 0 aliphatic carbocycles. The number of hydrogen-bond donors (Lipinski definition) is 2. The van der Waals surface area contributed by atoms with Crippen LogP contribution in [0.15, 0.2) is 36.9 Å². The molecule has 0 saturated carbocycles. The van der Waals surface area contributed by atoms with E-state index in [2.05, 4.69) is 16.1 Å². The van der Waals surface area contributed by atoms with E-state index >= 15 is 0 Å². The average Bonchev–Trinajstić information content (AvgIpc) is 2.64. The lowest BCUT2D eigenvalue weighted by Crippen LogP contribution is -2.57. The van der Waals surface area contributed by atoms with Crippen LogP contribution < -0.4 is 0 Å². The molecular weight excluding hydrogens is 508 g/mol. The van der Waals surface area contributed by atoms with Gasteiger partial charge >= 0.3 is 24.7 Å². The van der Waals surface area contributed by atoms with Crippen molar-refractivity contribution < 1.29 is 72.4 Å². The molecule has 1 aromatic carbocycles. The van der Waals surface area contributed by atoms with E-state index in [1.807, 2.05) is 0 Å². The fraction of sp³-hybridized carbons (Fsp3) is 0.556. The van der Waals surface area contributed by atoms with E-state index in [0.29, 0.717) is 0 Å². The highest BCUT2D eigenvalue weighted by Crippen LogP contribution is 2.55. The van der Waals surface area contributed by atoms with Gasteiger partial charge in [-0.3, -0.25) is 0 Å². The summed E-state index contributed by atoms with van der Waals surface area (Å²) in [6.45, 7) is 0.332. The third-order valence-corrected chi connectivity index (χ3v) is 4.34. The van der Waals surface area contributed by atoms with Crippen LogP contribution >= 0.6 is 0 Å². The minimum absolute atomic E-state index is 0.0202. The maximum atomic E-state index is 13.7. The molecule has 0 aliphatic rings. The predicted molar refractivity (Wildman–Crippen MR) is 89.2 cm³/mol. The molecule has 0 aromatic heterocycles. The summed E-state index contributed by atoms with van der Waals surface area (Å²) in [6.07, 6.45) is -27.2. The highest BCUT2D eigenvalue weighted by molar-refractivity contribution is 5.36. The predicted octanol–water partition coefficient (Wildman–Crippen LogP) is 4.90. The summed E-state index contributed by atoms with van der Waals surface area (Å²) in [5.74, 6) is 0. The summed E-state index contributed by atoms with van der Waals surface area (Å²) in [4.78, 5) is 0. The lowest BCUT2D eigenvalue weighted by atomic mass is 9.85. The maximum Gasteiger partial charge on any atom is 0.430 e. The van der Waals surface area contributed by atoms with Crippen LogP contribution in [0.5, 0.6) is 0 Å². The van der Waals surface area contributed by atoms with Crippen LogP contribution in [0, 0.1) is 0 Å². The van der Waals surface area contributed by atoms with Gasteiger partial charge in [-0.25, -0.2) is 0 Å². The molecule has 0 radical (unpaired) electrons. The monoisotopic (exact) mass is 524 g/mol. The molecular formula is C18H16F12O4. The molecule has 196 valence electrons. The molecule has 1 aromatic rings. The third-order valence-electron chi connectivity index (χ3n) is 4.34. The lowest BCUT2D eigenvalue weighted by Gasteiger charge is -2.39. The minimum Gasteiger partial charge on any atom is -0.388 e. The first-order valence-corrected chi connectivity index (χ1v) is 8.77. The van der Waals surface area contributed by atoms with Gasteiger partial charge in [-0.2, -0.15) is 52.7 Å². The Balaban J connectivity index is 3.72. The van der Waals surface area contributed by atoms with Gasteiger partial charge in [0.15, 0.2) is 0 Å². The molecule has 34 heavy (non-hydrogen) atoms. The van der Waals surface area contributed by atoms with E-state index in [1.54, 1.807) is 0 Å². The molecule has 4 nitrogen and oxygen atoms in total. The summed E-state index contributed by atoms with van der Waals surface area (Å²) >= 11 is 0. The van der Waals surface area contributed by atoms with Crippen molar-refractivity contribution >= 4 is 0 Å². The van der Waals surface area contributed by atoms with E-state index in [9.17, 15) is 62.9 Å². The Hall–Kier alpha value is -2.04. The molecule has 0 fully saturated rings. The van der Waals surface area contributed by atoms with Crippen LogP contribution in [0.3, 0.4) is 0 Å². The normalized spacial score (nSPS) is 15.4. The largest absolute Gasteiger partial charge is 0.430 e. The van der Waals surface area contributed by atoms with Crippen molar-refractivity contribution in [3.63, 3.8) is 0 Å². The molecule has 16 heteroatoms. The number of ether oxygens (including phenoxy) is 2. The van der Waals surface area contributed by atoms with Gasteiger partial charge in [-0.05, 0) is 6.07 Å². The van der Waals surface area contributed by atoms with Crippen molar-refractivity contribution in [2.24, 2.45) is 0 Å². The van der Waals surface area contributed by atoms with Gasteiger partial charge in [0.2, 0.25) is 0 Å². The zero-order chi connectivity index (χ0) is 26.8. The number of halogens is 12. The molecule has 0 bridgehead atoms. The number of hydrogen-bond acceptors (Lipinski definition) is 4. The summed E-state index contributed by atoms with van der Waals surface area (Å²) in [6, 6.07) is -0.979. The van der Waals surface area contributed by atoms with Gasteiger partial charge in [0.05, 0.1) is 19.8 Å². The van der Waals surface area contributed by atoms with Crippen LogP contribution in [-0.4, -0.2) is 60.8 Å². The molecule has 1 rings (SSSR count). The van der Waals surface area contributed by atoms with E-state index in [4.69, 9.17) is 0 Å². The fourth-order valence-corrected chi connectivity index (χ4v) is 2.74. The first-order valence-electron chi connectivity index (χ1n) is 8.77. The Morgan fingerprint density at radius 3 is 1.68 bits per heavy atom. The molecule has 0 aliphatic heterocycles. The van der Waals surface area contributed by atoms with Crippen molar-refractivity contribution in [3.8, 4) is 0 Å². The topological polar surface area (TPSA) is 58.9 Å². The highest BCUT2D eigenvalue weighted by atomic mass is 19.4. The van der Waals surface area contributed by atoms with Gasteiger partial charge in [0, 0.05) is 11.1 Å². The second-order valence-electron chi connectivity index (χ2n) is 6.75. The molecule has 0 amide bonds. The Labute approximate surface area is 183 Å². The molecule has 1 atom stereocenters. The zero-order valence-corrected chi connectivity index (χ0v) is 16.5. The average molecular weight is 524 g/mol. The van der Waals surface area contributed by atoms with Crippen molar-refractivity contribution in [3.05, 3.63) is 48.0 Å². The van der Waals surface area contributed by atoms with Crippen molar-refractivity contribution in [2.45, 2.75) is 42.0 Å². The first kappa shape index (κ1) is 30.0. The zero-order valence-electron chi connectivity index (χ0n) is 16.5. The van der Waals surface area contributed by atoms with E-state index in [0.717, 1.165) is 6.08 Å². The Morgan fingerprint density at radius 2 is 1.26 bits per heavy atom. The number of rotatable bonds is 9. The molecule has 0 spiro atoms. The van der Waals surface area contributed by atoms with Crippen molar-refractivity contribution in [1.82, 2.24) is 0 Å². The van der Waals surface area contributed by atoms with E-state index in [-0.39, 0.29) is 24.8 Å². The van der Waals surface area contributed by atoms with Gasteiger partial charge in [-0.15, -0.1) is 6.58 Å². The second-order valence-corrected chi connectivity index (χ2v) is 6.75. The summed E-state index contributed by atoms with van der Waals surface area (Å²) in [7, 11) is 0. The lowest BCUT2D eigenvalue weighted by molar-refractivity contribution is -0.392. The summed E-state index contributed by atoms with van der Waals surface area (Å²) < 4.78 is 169. The SMILES string of the molecule is C=CCOCC(O)COC(c1cccc(C(O)(C(F)(F)F)C(F)(F)F)c1)(C(F)(F)F)C(F)(F)F. The number of alkyl halides is 12. The van der Waals surface area contributed by atoms with Crippen LogP contribution in [0.25, 0.3) is 0 Å². The van der Waals surface area contributed by atoms with Crippen LogP contribution in [0.4, 0.5) is 52.7 Å². The minimum atomic E-state index is -6.58. The van der Waals surface area contributed by atoms with Gasteiger partial charge < -0.3 is 19.7 Å². The summed E-state index contributed by atoms with van der Waals surface area (Å²) in [5, 5.41) is 18.9. The highest BCUT2D eigenvalue weighted by Gasteiger charge is 2.75. The van der Waals surface area contributed by atoms with Crippen LogP contribution in [0.1, 0.15) is 11.1 Å². The Bertz CT molecular complexity index is 798. The Kier molecular flexibility index (Phi) is 8.74. The number of benzene rings is 1. The maximum absolute atomic E-state index is 13.7. The summed E-state index contributed by atoms with van der Waals surface area (Å²) in [5.41, 5.74) is -15.9. The fourth-order valence-electron chi connectivity index (χ4n) is 2.74. The quantitative estimate of drug-likeness (QED) is 0.274. The van der Waals surface area contributed by atoms with Crippen LogP contribution in [0.2, 0.25) is 0 Å². The van der Waals surface area contributed by atoms with Crippen molar-refractivity contribution in [2.75, 3.05) is 19.8 Å².